The number of rotatable bonds is 4. The highest BCUT2D eigenvalue weighted by atomic mass is 32.2. The fraction of sp³-hybridized carbons (Fsp3) is 0.500. The maximum absolute atomic E-state index is 12.7. The molecule has 0 bridgehead atoms. The molecule has 0 saturated carbocycles. The van der Waals surface area contributed by atoms with Gasteiger partial charge in [0.2, 0.25) is 10.0 Å². The van der Waals surface area contributed by atoms with Gasteiger partial charge in [0.25, 0.3) is 5.91 Å². The lowest BCUT2D eigenvalue weighted by Gasteiger charge is -2.31. The number of nitrogens with one attached hydrogen (secondary N) is 1. The first-order chi connectivity index (χ1) is 11.9. The first kappa shape index (κ1) is 17.8. The van der Waals surface area contributed by atoms with Gasteiger partial charge in [-0.15, -0.1) is 0 Å². The topological polar surface area (TPSA) is 88.4 Å². The van der Waals surface area contributed by atoms with Crippen molar-refractivity contribution in [2.45, 2.75) is 11.8 Å². The maximum Gasteiger partial charge on any atom is 0.416 e. The first-order valence-electron chi connectivity index (χ1n) is 8.25. The molecule has 8 nitrogen and oxygen atoms in total. The van der Waals surface area contributed by atoms with Crippen LogP contribution >= 0.6 is 0 Å². The van der Waals surface area contributed by atoms with Gasteiger partial charge in [0, 0.05) is 0 Å². The normalized spacial score (nSPS) is 19.9. The van der Waals surface area contributed by atoms with Crippen molar-refractivity contribution < 1.29 is 27.6 Å². The highest BCUT2D eigenvalue weighted by molar-refractivity contribution is 7.89. The van der Waals surface area contributed by atoms with Gasteiger partial charge in [-0.2, -0.15) is 4.31 Å². The molecule has 0 unspecified atom stereocenters. The van der Waals surface area contributed by atoms with Crippen molar-refractivity contribution in [1.29, 1.82) is 0 Å². The molecule has 2 amide bonds. The minimum atomic E-state index is -3.50. The molecule has 1 aromatic carbocycles. The highest BCUT2D eigenvalue weighted by Gasteiger charge is 2.34. The first-order valence-corrected chi connectivity index (χ1v) is 9.69. The Morgan fingerprint density at radius 1 is 1.16 bits per heavy atom. The zero-order chi connectivity index (χ0) is 18.0. The number of hydrogen-bond donors (Lipinski definition) is 1. The van der Waals surface area contributed by atoms with Gasteiger partial charge in [0.15, 0.2) is 6.54 Å². The Hall–Kier alpha value is -1.97. The van der Waals surface area contributed by atoms with Gasteiger partial charge in [-0.1, -0.05) is 17.7 Å². The van der Waals surface area contributed by atoms with Crippen molar-refractivity contribution in [3.63, 3.8) is 0 Å². The fourth-order valence-corrected chi connectivity index (χ4v) is 4.45. The third-order valence-electron chi connectivity index (χ3n) is 4.55. The number of hydrogen-bond acceptors (Lipinski definition) is 5. The summed E-state index contributed by atoms with van der Waals surface area (Å²) >= 11 is 0. The molecule has 9 heteroatoms. The van der Waals surface area contributed by atoms with Crippen LogP contribution in [-0.4, -0.2) is 75.5 Å². The molecule has 2 heterocycles. The van der Waals surface area contributed by atoms with Gasteiger partial charge in [-0.3, -0.25) is 4.79 Å². The van der Waals surface area contributed by atoms with Crippen LogP contribution in [0.4, 0.5) is 4.79 Å². The lowest BCUT2D eigenvalue weighted by Crippen LogP contribution is -3.15. The van der Waals surface area contributed by atoms with Crippen LogP contribution in [0, 0.1) is 6.92 Å². The van der Waals surface area contributed by atoms with E-state index in [9.17, 15) is 18.0 Å². The number of piperazine rings is 1. The summed E-state index contributed by atoms with van der Waals surface area (Å²) in [4.78, 5) is 25.9. The van der Waals surface area contributed by atoms with Gasteiger partial charge in [0.05, 0.1) is 37.6 Å². The zero-order valence-electron chi connectivity index (χ0n) is 14.1. The fourth-order valence-electron chi connectivity index (χ4n) is 3.01. The molecule has 2 saturated heterocycles. The average Bonchev–Trinajstić information content (AvgIpc) is 3.02. The van der Waals surface area contributed by atoms with Crippen molar-refractivity contribution in [2.24, 2.45) is 0 Å². The standard InChI is InChI=1S/C16H21N3O5S/c1-13-2-4-14(5-3-13)25(22,23)18-8-6-17(7-9-18)12-15(20)19-10-11-24-16(19)21/h2-5H,6-12H2,1H3/p+1. The third-order valence-corrected chi connectivity index (χ3v) is 6.46. The number of aryl methyl sites for hydroxylation is 1. The van der Waals surface area contributed by atoms with E-state index in [1.54, 1.807) is 24.3 Å². The maximum atomic E-state index is 12.7. The van der Waals surface area contributed by atoms with Crippen molar-refractivity contribution in [1.82, 2.24) is 9.21 Å². The van der Waals surface area contributed by atoms with E-state index in [4.69, 9.17) is 4.74 Å². The van der Waals surface area contributed by atoms with Gasteiger partial charge in [-0.05, 0) is 19.1 Å². The molecule has 0 aliphatic carbocycles. The number of carbonyl (C=O) groups excluding carboxylic acids is 2. The second kappa shape index (κ2) is 7.11. The molecule has 0 atom stereocenters. The SMILES string of the molecule is Cc1ccc(S(=O)(=O)N2CC[NH+](CC(=O)N3CCOC3=O)CC2)cc1. The molecule has 1 N–H and O–H groups in total. The lowest BCUT2D eigenvalue weighted by atomic mass is 10.2. The molecule has 2 aliphatic rings. The predicted octanol–water partition coefficient (Wildman–Crippen LogP) is -1.14. The second-order valence-electron chi connectivity index (χ2n) is 6.30. The molecule has 2 aliphatic heterocycles. The number of benzene rings is 1. The van der Waals surface area contributed by atoms with E-state index >= 15 is 0 Å². The molecule has 0 spiro atoms. The lowest BCUT2D eigenvalue weighted by molar-refractivity contribution is -0.895. The van der Waals surface area contributed by atoms with Crippen LogP contribution in [0.3, 0.4) is 0 Å². The van der Waals surface area contributed by atoms with E-state index in [0.29, 0.717) is 32.7 Å². The zero-order valence-corrected chi connectivity index (χ0v) is 14.9. The molecule has 1 aromatic rings. The minimum Gasteiger partial charge on any atom is -0.447 e. The summed E-state index contributed by atoms with van der Waals surface area (Å²) in [6.07, 6.45) is -0.593. The van der Waals surface area contributed by atoms with Crippen LogP contribution in [-0.2, 0) is 19.6 Å². The van der Waals surface area contributed by atoms with E-state index in [1.165, 1.54) is 4.31 Å². The molecule has 2 fully saturated rings. The van der Waals surface area contributed by atoms with Crippen LogP contribution in [0.5, 0.6) is 0 Å². The predicted molar refractivity (Wildman–Crippen MR) is 88.6 cm³/mol. The van der Waals surface area contributed by atoms with Crippen LogP contribution in [0.25, 0.3) is 0 Å². The quantitative estimate of drug-likeness (QED) is 0.726. The van der Waals surface area contributed by atoms with E-state index in [2.05, 4.69) is 0 Å². The van der Waals surface area contributed by atoms with Gasteiger partial charge < -0.3 is 9.64 Å². The molecule has 3 rings (SSSR count). The summed E-state index contributed by atoms with van der Waals surface area (Å²) in [6, 6.07) is 6.79. The van der Waals surface area contributed by atoms with Crippen LogP contribution in [0.15, 0.2) is 29.2 Å². The third kappa shape index (κ3) is 3.83. The molecule has 136 valence electrons. The Kier molecular flexibility index (Phi) is 5.07. The summed E-state index contributed by atoms with van der Waals surface area (Å²) in [6.45, 7) is 4.37. The van der Waals surface area contributed by atoms with Gasteiger partial charge in [0.1, 0.15) is 6.61 Å². The molecular weight excluding hydrogens is 346 g/mol. The van der Waals surface area contributed by atoms with Gasteiger partial charge >= 0.3 is 6.09 Å². The number of ether oxygens (including phenoxy) is 1. The summed E-state index contributed by atoms with van der Waals surface area (Å²) in [7, 11) is -3.50. The Morgan fingerprint density at radius 2 is 1.80 bits per heavy atom. The second-order valence-corrected chi connectivity index (χ2v) is 8.24. The van der Waals surface area contributed by atoms with E-state index < -0.39 is 16.1 Å². The van der Waals surface area contributed by atoms with E-state index in [1.807, 2.05) is 6.92 Å². The van der Waals surface area contributed by atoms with Crippen molar-refractivity contribution >= 4 is 22.0 Å². The summed E-state index contributed by atoms with van der Waals surface area (Å²) < 4.78 is 31.5. The highest BCUT2D eigenvalue weighted by Crippen LogP contribution is 2.16. The number of imide groups is 1. The average molecular weight is 368 g/mol. The Balaban J connectivity index is 1.57. The van der Waals surface area contributed by atoms with Crippen molar-refractivity contribution in [3.05, 3.63) is 29.8 Å². The summed E-state index contributed by atoms with van der Waals surface area (Å²) in [5.74, 6) is -0.271. The van der Waals surface area contributed by atoms with Crippen molar-refractivity contribution in [3.8, 4) is 0 Å². The smallest absolute Gasteiger partial charge is 0.416 e. The Labute approximate surface area is 147 Å². The van der Waals surface area contributed by atoms with Crippen LogP contribution in [0.2, 0.25) is 0 Å². The molecule has 0 aromatic heterocycles. The Bertz CT molecular complexity index is 754. The summed E-state index contributed by atoms with van der Waals surface area (Å²) in [5.41, 5.74) is 1.01. The van der Waals surface area contributed by atoms with Gasteiger partial charge in [-0.25, -0.2) is 18.1 Å². The number of sulfonamides is 1. The van der Waals surface area contributed by atoms with E-state index in [-0.39, 0.29) is 24.0 Å². The number of cyclic esters (lactones) is 1. The number of amides is 2. The molecular formula is C16H22N3O5S+. The van der Waals surface area contributed by atoms with Crippen LogP contribution in [0.1, 0.15) is 5.56 Å². The Morgan fingerprint density at radius 3 is 2.36 bits per heavy atom. The molecule has 0 radical (unpaired) electrons. The monoisotopic (exact) mass is 368 g/mol. The minimum absolute atomic E-state index is 0.174. The number of nitrogens with zero attached hydrogens (tertiary/aromatic N) is 2. The molecule has 25 heavy (non-hydrogen) atoms. The summed E-state index contributed by atoms with van der Waals surface area (Å²) in [5, 5.41) is 0. The van der Waals surface area contributed by atoms with Crippen molar-refractivity contribution in [2.75, 3.05) is 45.9 Å². The van der Waals surface area contributed by atoms with Crippen LogP contribution < -0.4 is 4.90 Å². The number of carbonyl (C=O) groups is 2. The number of quaternary nitrogens is 1. The largest absolute Gasteiger partial charge is 0.447 e. The van der Waals surface area contributed by atoms with E-state index in [0.717, 1.165) is 15.4 Å².